The van der Waals surface area contributed by atoms with Gasteiger partial charge in [-0.15, -0.1) is 11.3 Å². The lowest BCUT2D eigenvalue weighted by Gasteiger charge is -2.13. The molecule has 4 rings (SSSR count). The van der Waals surface area contributed by atoms with Crippen LogP contribution in [0.5, 0.6) is 0 Å². The number of fused-ring (bicyclic) bond motifs is 1. The number of hydrogen-bond donors (Lipinski definition) is 3. The lowest BCUT2D eigenvalue weighted by Crippen LogP contribution is -3.08. The zero-order chi connectivity index (χ0) is 24.1. The van der Waals surface area contributed by atoms with E-state index in [4.69, 9.17) is 4.74 Å². The van der Waals surface area contributed by atoms with E-state index >= 15 is 0 Å². The quantitative estimate of drug-likeness (QED) is 0.338. The number of carbonyl (C=O) groups is 2. The fourth-order valence-corrected chi connectivity index (χ4v) is 4.63. The molecule has 9 heteroatoms. The number of H-pyrrole nitrogens is 1. The second kappa shape index (κ2) is 10.4. The molecule has 0 spiro atoms. The van der Waals surface area contributed by atoms with Crippen LogP contribution in [-0.2, 0) is 16.1 Å². The van der Waals surface area contributed by atoms with E-state index in [1.54, 1.807) is 31.2 Å². The molecule has 0 saturated carbocycles. The van der Waals surface area contributed by atoms with Crippen molar-refractivity contribution in [2.24, 2.45) is 0 Å². The third-order valence-corrected chi connectivity index (χ3v) is 6.28. The number of esters is 1. The fraction of sp³-hybridized carbons (Fsp3) is 0.200. The molecule has 2 aromatic heterocycles. The maximum atomic E-state index is 12.8. The maximum Gasteiger partial charge on any atom is 0.350 e. The molecular weight excluding hydrogens is 452 g/mol. The summed E-state index contributed by atoms with van der Waals surface area (Å²) in [5.74, 6) is -0.227. The number of rotatable bonds is 8. The van der Waals surface area contributed by atoms with Crippen LogP contribution in [0.1, 0.15) is 22.4 Å². The Morgan fingerprint density at radius 3 is 2.62 bits per heavy atom. The summed E-state index contributed by atoms with van der Waals surface area (Å²) in [6.45, 7) is 2.46. The zero-order valence-corrected chi connectivity index (χ0v) is 19.7. The average Bonchev–Trinajstić information content (AvgIpc) is 3.23. The van der Waals surface area contributed by atoms with E-state index in [0.717, 1.165) is 15.3 Å². The van der Waals surface area contributed by atoms with Crippen molar-refractivity contribution in [2.75, 3.05) is 25.5 Å². The van der Waals surface area contributed by atoms with E-state index in [-0.39, 0.29) is 24.6 Å². The van der Waals surface area contributed by atoms with Crippen LogP contribution in [0, 0.1) is 0 Å². The Morgan fingerprint density at radius 2 is 1.85 bits per heavy atom. The number of likely N-dealkylation sites (N-methyl/N-ethyl adjacent to an activating group) is 1. The van der Waals surface area contributed by atoms with Crippen LogP contribution in [0.25, 0.3) is 21.3 Å². The van der Waals surface area contributed by atoms with Crippen LogP contribution in [0.4, 0.5) is 5.69 Å². The second-order valence-corrected chi connectivity index (χ2v) is 8.88. The molecule has 0 aliphatic heterocycles. The summed E-state index contributed by atoms with van der Waals surface area (Å²) in [5, 5.41) is 3.38. The summed E-state index contributed by atoms with van der Waals surface area (Å²) in [6.07, 6.45) is 0. The molecule has 34 heavy (non-hydrogen) atoms. The monoisotopic (exact) mass is 477 g/mol. The second-order valence-electron chi connectivity index (χ2n) is 7.83. The van der Waals surface area contributed by atoms with Crippen molar-refractivity contribution in [3.8, 4) is 10.4 Å². The van der Waals surface area contributed by atoms with Gasteiger partial charge in [0.25, 0.3) is 11.5 Å². The van der Waals surface area contributed by atoms with Crippen LogP contribution in [0.15, 0.2) is 65.5 Å². The molecule has 0 fully saturated rings. The van der Waals surface area contributed by atoms with E-state index < -0.39 is 5.97 Å². The zero-order valence-electron chi connectivity index (χ0n) is 18.9. The van der Waals surface area contributed by atoms with Crippen molar-refractivity contribution >= 4 is 39.8 Å². The Bertz CT molecular complexity index is 1380. The minimum absolute atomic E-state index is 0.120. The Hall–Kier alpha value is -3.82. The van der Waals surface area contributed by atoms with Gasteiger partial charge < -0.3 is 19.9 Å². The van der Waals surface area contributed by atoms with Gasteiger partial charge in [0.1, 0.15) is 11.4 Å². The fourth-order valence-electron chi connectivity index (χ4n) is 3.61. The number of para-hydroxylation sites is 1. The number of quaternary nitrogens is 1. The maximum absolute atomic E-state index is 12.8. The van der Waals surface area contributed by atoms with Crippen LogP contribution in [0.2, 0.25) is 0 Å². The molecular formula is C25H25N4O4S+. The highest BCUT2D eigenvalue weighted by molar-refractivity contribution is 7.18. The molecule has 0 saturated heterocycles. The number of nitrogens with one attached hydrogen (secondary N) is 3. The van der Waals surface area contributed by atoms with E-state index in [2.05, 4.69) is 15.3 Å². The van der Waals surface area contributed by atoms with Crippen molar-refractivity contribution in [1.82, 2.24) is 9.97 Å². The Kier molecular flexibility index (Phi) is 7.15. The molecule has 4 aromatic rings. The first-order valence-corrected chi connectivity index (χ1v) is 11.7. The molecule has 0 bridgehead atoms. The van der Waals surface area contributed by atoms with E-state index in [9.17, 15) is 14.4 Å². The Morgan fingerprint density at radius 1 is 1.12 bits per heavy atom. The van der Waals surface area contributed by atoms with Crippen molar-refractivity contribution in [3.63, 3.8) is 0 Å². The number of hydrogen-bond acceptors (Lipinski definition) is 6. The van der Waals surface area contributed by atoms with Crippen molar-refractivity contribution in [1.29, 1.82) is 0 Å². The van der Waals surface area contributed by atoms with Crippen molar-refractivity contribution in [3.05, 3.63) is 81.7 Å². The highest BCUT2D eigenvalue weighted by Gasteiger charge is 2.21. The van der Waals surface area contributed by atoms with Gasteiger partial charge in [-0.05, 0) is 30.7 Å². The van der Waals surface area contributed by atoms with Crippen LogP contribution >= 0.6 is 11.3 Å². The van der Waals surface area contributed by atoms with Crippen LogP contribution in [0.3, 0.4) is 0 Å². The van der Waals surface area contributed by atoms with Crippen LogP contribution < -0.4 is 15.8 Å². The molecule has 2 heterocycles. The highest BCUT2D eigenvalue weighted by Crippen LogP contribution is 2.35. The van der Waals surface area contributed by atoms with Gasteiger partial charge in [-0.25, -0.2) is 9.78 Å². The SMILES string of the molecule is CCOC(=O)c1sc(-c2ccccc2)cc1NC(=O)C[NH+](C)Cc1nc2ccccc2c(=O)[nH]1. The minimum Gasteiger partial charge on any atom is -0.462 e. The number of aromatic nitrogens is 2. The summed E-state index contributed by atoms with van der Waals surface area (Å²) >= 11 is 1.28. The summed E-state index contributed by atoms with van der Waals surface area (Å²) in [5.41, 5.74) is 1.79. The number of thiophene rings is 1. The molecule has 0 aliphatic rings. The number of aromatic amines is 1. The molecule has 8 nitrogen and oxygen atoms in total. The number of nitrogens with zero attached hydrogens (tertiary/aromatic N) is 1. The number of anilines is 1. The first kappa shape index (κ1) is 23.3. The molecule has 1 atom stereocenters. The smallest absolute Gasteiger partial charge is 0.350 e. The first-order chi connectivity index (χ1) is 16.4. The lowest BCUT2D eigenvalue weighted by atomic mass is 10.2. The summed E-state index contributed by atoms with van der Waals surface area (Å²) < 4.78 is 5.18. The first-order valence-electron chi connectivity index (χ1n) is 10.9. The minimum atomic E-state index is -0.469. The van der Waals surface area contributed by atoms with E-state index in [0.29, 0.717) is 33.8 Å². The topological polar surface area (TPSA) is 106 Å². The molecule has 2 aromatic carbocycles. The van der Waals surface area contributed by atoms with Gasteiger partial charge in [-0.1, -0.05) is 42.5 Å². The van der Waals surface area contributed by atoms with Gasteiger partial charge in [0.15, 0.2) is 12.4 Å². The van der Waals surface area contributed by atoms with Crippen molar-refractivity contribution in [2.45, 2.75) is 13.5 Å². The van der Waals surface area contributed by atoms with Gasteiger partial charge in [0, 0.05) is 4.88 Å². The molecule has 3 N–H and O–H groups in total. The Labute approximate surface area is 200 Å². The van der Waals surface area contributed by atoms with E-state index in [1.807, 2.05) is 43.4 Å². The highest BCUT2D eigenvalue weighted by atomic mass is 32.1. The molecule has 1 unspecified atom stereocenters. The predicted octanol–water partition coefficient (Wildman–Crippen LogP) is 2.48. The van der Waals surface area contributed by atoms with E-state index in [1.165, 1.54) is 11.3 Å². The average molecular weight is 478 g/mol. The summed E-state index contributed by atoms with van der Waals surface area (Å²) in [6, 6.07) is 18.6. The summed E-state index contributed by atoms with van der Waals surface area (Å²) in [4.78, 5) is 46.9. The summed E-state index contributed by atoms with van der Waals surface area (Å²) in [7, 11) is 1.84. The van der Waals surface area contributed by atoms with Gasteiger partial charge in [-0.3, -0.25) is 9.59 Å². The van der Waals surface area contributed by atoms with Crippen molar-refractivity contribution < 1.29 is 19.2 Å². The molecule has 0 aliphatic carbocycles. The number of carbonyl (C=O) groups excluding carboxylic acids is 2. The molecule has 0 radical (unpaired) electrons. The molecule has 174 valence electrons. The van der Waals surface area contributed by atoms with Gasteiger partial charge in [0.05, 0.1) is 30.2 Å². The van der Waals surface area contributed by atoms with Gasteiger partial charge in [0.2, 0.25) is 0 Å². The molecule has 1 amide bonds. The van der Waals surface area contributed by atoms with Gasteiger partial charge in [-0.2, -0.15) is 0 Å². The number of ether oxygens (including phenoxy) is 1. The third kappa shape index (κ3) is 5.38. The third-order valence-electron chi connectivity index (χ3n) is 5.12. The number of benzene rings is 2. The standard InChI is InChI=1S/C25H24N4O4S/c1-3-33-25(32)23-19(13-20(34-23)16-9-5-4-6-10-16)27-22(30)15-29(2)14-21-26-18-12-8-7-11-17(18)24(31)28-21/h4-13H,3,14-15H2,1-2H3,(H,27,30)(H,26,28,31)/p+1. The number of amides is 1. The van der Waals surface area contributed by atoms with Crippen LogP contribution in [-0.4, -0.2) is 42.0 Å². The van der Waals surface area contributed by atoms with Gasteiger partial charge >= 0.3 is 5.97 Å². The lowest BCUT2D eigenvalue weighted by molar-refractivity contribution is -0.885. The normalized spacial score (nSPS) is 11.8. The predicted molar refractivity (Wildman–Crippen MR) is 132 cm³/mol. The Balaban J connectivity index is 1.48. The largest absolute Gasteiger partial charge is 0.462 e.